The molecule has 0 saturated carbocycles. The lowest BCUT2D eigenvalue weighted by atomic mass is 10.1. The quantitative estimate of drug-likeness (QED) is 0.323. The summed E-state index contributed by atoms with van der Waals surface area (Å²) >= 11 is 0. The number of ether oxygens (including phenoxy) is 3. The van der Waals surface area contributed by atoms with Crippen LogP contribution in [0.25, 0.3) is 0 Å². The summed E-state index contributed by atoms with van der Waals surface area (Å²) in [7, 11) is -6.04. The van der Waals surface area contributed by atoms with Gasteiger partial charge in [-0.15, -0.1) is 0 Å². The average molecular weight is 460 g/mol. The number of carbonyl (C=O) groups is 1. The van der Waals surface area contributed by atoms with Crippen LogP contribution in [0.15, 0.2) is 60.7 Å². The van der Waals surface area contributed by atoms with Gasteiger partial charge in [0, 0.05) is 0 Å². The highest BCUT2D eigenvalue weighted by Crippen LogP contribution is 2.31. The van der Waals surface area contributed by atoms with Crippen LogP contribution in [-0.2, 0) is 46.5 Å². The molecule has 1 aliphatic heterocycles. The van der Waals surface area contributed by atoms with E-state index in [0.717, 1.165) is 5.56 Å². The van der Waals surface area contributed by atoms with Gasteiger partial charge in [-0.05, 0) is 11.1 Å². The number of alkyl halides is 3. The molecule has 168 valence electrons. The Labute approximate surface area is 176 Å². The average Bonchev–Trinajstić information content (AvgIpc) is 3.01. The third kappa shape index (κ3) is 6.03. The van der Waals surface area contributed by atoms with E-state index >= 15 is 0 Å². The Morgan fingerprint density at radius 1 is 0.903 bits per heavy atom. The van der Waals surface area contributed by atoms with Crippen molar-refractivity contribution in [2.45, 2.75) is 37.0 Å². The van der Waals surface area contributed by atoms with Crippen LogP contribution >= 0.6 is 0 Å². The zero-order valence-corrected chi connectivity index (χ0v) is 16.8. The Bertz CT molecular complexity index is 965. The van der Waals surface area contributed by atoms with Crippen molar-refractivity contribution >= 4 is 16.1 Å². The number of halogens is 3. The fourth-order valence-corrected chi connectivity index (χ4v) is 3.43. The maximum atomic E-state index is 12.7. The van der Waals surface area contributed by atoms with Gasteiger partial charge >= 0.3 is 21.6 Å². The van der Waals surface area contributed by atoms with Gasteiger partial charge in [0.2, 0.25) is 6.10 Å². The normalized spacial score (nSPS) is 21.8. The first-order valence-electron chi connectivity index (χ1n) is 9.14. The van der Waals surface area contributed by atoms with Crippen molar-refractivity contribution in [3.05, 3.63) is 71.8 Å². The minimum Gasteiger partial charge on any atom is -0.455 e. The minimum absolute atomic E-state index is 0.108. The molecule has 7 nitrogen and oxygen atoms in total. The summed E-state index contributed by atoms with van der Waals surface area (Å²) in [5.74, 6) is -1.28. The van der Waals surface area contributed by atoms with Crippen molar-refractivity contribution < 1.29 is 44.8 Å². The van der Waals surface area contributed by atoms with E-state index in [0.29, 0.717) is 5.56 Å². The molecule has 1 saturated heterocycles. The molecule has 0 aliphatic carbocycles. The van der Waals surface area contributed by atoms with E-state index in [9.17, 15) is 26.4 Å². The van der Waals surface area contributed by atoms with E-state index < -0.39 is 39.9 Å². The largest absolute Gasteiger partial charge is 0.523 e. The molecule has 1 fully saturated rings. The van der Waals surface area contributed by atoms with E-state index in [2.05, 4.69) is 4.18 Å². The zero-order valence-electron chi connectivity index (χ0n) is 16.0. The highest BCUT2D eigenvalue weighted by atomic mass is 32.2. The molecule has 11 heteroatoms. The summed E-state index contributed by atoms with van der Waals surface area (Å²) in [6.07, 6.45) is -4.70. The molecule has 0 spiro atoms. The molecular formula is C20H19F3O7S. The smallest absolute Gasteiger partial charge is 0.455 e. The van der Waals surface area contributed by atoms with Crippen molar-refractivity contribution in [1.82, 2.24) is 0 Å². The third-order valence-electron chi connectivity index (χ3n) is 4.36. The summed E-state index contributed by atoms with van der Waals surface area (Å²) < 4.78 is 81.4. The Hall–Kier alpha value is -2.47. The fourth-order valence-electron chi connectivity index (χ4n) is 2.85. The fraction of sp³-hybridized carbons (Fsp3) is 0.350. The summed E-state index contributed by atoms with van der Waals surface area (Å²) in [6.45, 7) is -0.193. The molecule has 2 aromatic carbocycles. The molecule has 0 unspecified atom stereocenters. The van der Waals surface area contributed by atoms with Crippen LogP contribution in [0.5, 0.6) is 0 Å². The number of carbonyl (C=O) groups excluding carboxylic acids is 1. The number of esters is 1. The van der Waals surface area contributed by atoms with Crippen molar-refractivity contribution in [1.29, 1.82) is 0 Å². The number of hydrogen-bond acceptors (Lipinski definition) is 7. The van der Waals surface area contributed by atoms with Gasteiger partial charge in [-0.25, -0.2) is 8.98 Å². The lowest BCUT2D eigenvalue weighted by Gasteiger charge is -2.22. The second kappa shape index (κ2) is 9.77. The second-order valence-electron chi connectivity index (χ2n) is 6.65. The van der Waals surface area contributed by atoms with Gasteiger partial charge < -0.3 is 14.2 Å². The Kier molecular flexibility index (Phi) is 7.31. The Balaban J connectivity index is 1.72. The topological polar surface area (TPSA) is 88.1 Å². The van der Waals surface area contributed by atoms with Gasteiger partial charge in [-0.1, -0.05) is 60.7 Å². The van der Waals surface area contributed by atoms with Crippen molar-refractivity contribution in [2.75, 3.05) is 6.61 Å². The molecular weight excluding hydrogens is 441 g/mol. The van der Waals surface area contributed by atoms with Crippen molar-refractivity contribution in [3.63, 3.8) is 0 Å². The van der Waals surface area contributed by atoms with E-state index in [-0.39, 0.29) is 19.8 Å². The molecule has 1 heterocycles. The molecule has 31 heavy (non-hydrogen) atoms. The zero-order chi connectivity index (χ0) is 22.5. The molecule has 0 aromatic heterocycles. The second-order valence-corrected chi connectivity index (χ2v) is 8.22. The first-order chi connectivity index (χ1) is 14.7. The number of cyclic esters (lactones) is 1. The van der Waals surface area contributed by atoms with Gasteiger partial charge in [0.25, 0.3) is 0 Å². The standard InChI is InChI=1S/C20H19F3O7S/c21-20(22,23)31(25,26)30-18-17(28-12-15-9-5-2-6-10-15)16(29-19(18)24)13-27-11-14-7-3-1-4-8-14/h1-10,16-18H,11-13H2/t16-,17+,18+/m0/s1. The predicted octanol–water partition coefficient (Wildman–Crippen LogP) is 2.95. The van der Waals surface area contributed by atoms with E-state index in [1.54, 1.807) is 54.6 Å². The molecule has 0 amide bonds. The summed E-state index contributed by atoms with van der Waals surface area (Å²) in [6, 6.07) is 17.6. The monoisotopic (exact) mass is 460 g/mol. The van der Waals surface area contributed by atoms with Crippen molar-refractivity contribution in [3.8, 4) is 0 Å². The van der Waals surface area contributed by atoms with E-state index in [1.165, 1.54) is 0 Å². The van der Waals surface area contributed by atoms with Gasteiger partial charge in [0.05, 0.1) is 19.8 Å². The van der Waals surface area contributed by atoms with E-state index in [4.69, 9.17) is 14.2 Å². The predicted molar refractivity (Wildman–Crippen MR) is 101 cm³/mol. The molecule has 0 bridgehead atoms. The Morgan fingerprint density at radius 2 is 1.45 bits per heavy atom. The number of benzene rings is 2. The van der Waals surface area contributed by atoms with Crippen LogP contribution in [0.1, 0.15) is 11.1 Å². The van der Waals surface area contributed by atoms with Crippen LogP contribution < -0.4 is 0 Å². The molecule has 2 aromatic rings. The summed E-state index contributed by atoms with van der Waals surface area (Å²) in [5, 5.41) is 0. The first-order valence-corrected chi connectivity index (χ1v) is 10.6. The van der Waals surface area contributed by atoms with Gasteiger partial charge in [0.15, 0.2) is 6.10 Å². The number of rotatable bonds is 9. The lowest BCUT2D eigenvalue weighted by Crippen LogP contribution is -2.41. The summed E-state index contributed by atoms with van der Waals surface area (Å²) in [4.78, 5) is 12.1. The Morgan fingerprint density at radius 3 is 2.00 bits per heavy atom. The molecule has 0 radical (unpaired) electrons. The van der Waals surface area contributed by atoms with Crippen molar-refractivity contribution in [2.24, 2.45) is 0 Å². The van der Waals surface area contributed by atoms with Crippen LogP contribution in [0.3, 0.4) is 0 Å². The van der Waals surface area contributed by atoms with E-state index in [1.807, 2.05) is 6.07 Å². The summed E-state index contributed by atoms with van der Waals surface area (Å²) in [5.41, 5.74) is -4.22. The van der Waals surface area contributed by atoms with Gasteiger partial charge in [-0.2, -0.15) is 21.6 Å². The van der Waals surface area contributed by atoms with Crippen LogP contribution in [0.2, 0.25) is 0 Å². The van der Waals surface area contributed by atoms with Crippen LogP contribution in [0, 0.1) is 0 Å². The van der Waals surface area contributed by atoms with Crippen LogP contribution in [-0.4, -0.2) is 44.8 Å². The minimum atomic E-state index is -6.04. The van der Waals surface area contributed by atoms with Gasteiger partial charge in [-0.3, -0.25) is 0 Å². The lowest BCUT2D eigenvalue weighted by molar-refractivity contribution is -0.148. The highest BCUT2D eigenvalue weighted by molar-refractivity contribution is 7.87. The third-order valence-corrected chi connectivity index (χ3v) is 5.39. The highest BCUT2D eigenvalue weighted by Gasteiger charge is 2.55. The SMILES string of the molecule is O=C1O[C@@H](COCc2ccccc2)[C@@H](OCc2ccccc2)[C@H]1OS(=O)(=O)C(F)(F)F. The van der Waals surface area contributed by atoms with Crippen LogP contribution in [0.4, 0.5) is 13.2 Å². The molecule has 3 rings (SSSR count). The molecule has 0 N–H and O–H groups in total. The van der Waals surface area contributed by atoms with Gasteiger partial charge in [0.1, 0.15) is 6.10 Å². The molecule has 1 aliphatic rings. The maximum Gasteiger partial charge on any atom is 0.523 e. The maximum absolute atomic E-state index is 12.7. The number of hydrogen-bond donors (Lipinski definition) is 0. The molecule has 3 atom stereocenters. The first kappa shape index (κ1) is 23.2.